The lowest BCUT2D eigenvalue weighted by Gasteiger charge is -2.06. The Morgan fingerprint density at radius 1 is 1.56 bits per heavy atom. The highest BCUT2D eigenvalue weighted by molar-refractivity contribution is 7.19. The molecule has 92 valence electrons. The number of fused-ring (bicyclic) bond motifs is 1. The lowest BCUT2D eigenvalue weighted by molar-refractivity contribution is -0.116. The third-order valence-corrected chi connectivity index (χ3v) is 3.34. The monoisotopic (exact) mass is 258 g/mol. The molecule has 0 unspecified atom stereocenters. The summed E-state index contributed by atoms with van der Waals surface area (Å²) in [6.07, 6.45) is 5.84. The summed E-state index contributed by atoms with van der Waals surface area (Å²) in [6.45, 7) is 4.04. The Kier molecular flexibility index (Phi) is 3.63. The molecule has 0 bridgehead atoms. The highest BCUT2D eigenvalue weighted by Crippen LogP contribution is 2.25. The number of carbonyl (C=O) groups excluding carboxylic acids is 1. The van der Waals surface area contributed by atoms with Crippen molar-refractivity contribution in [2.45, 2.75) is 20.3 Å². The van der Waals surface area contributed by atoms with E-state index in [2.05, 4.69) is 16.2 Å². The first kappa shape index (κ1) is 12.6. The van der Waals surface area contributed by atoms with Crippen molar-refractivity contribution in [3.05, 3.63) is 23.2 Å². The molecule has 1 aromatic carbocycles. The molecule has 3 nitrogen and oxygen atoms in total. The fraction of sp³-hybridized carbons (Fsp3) is 0.286. The van der Waals surface area contributed by atoms with E-state index < -0.39 is 0 Å². The number of thiazole rings is 1. The minimum atomic E-state index is 0.0334. The van der Waals surface area contributed by atoms with Crippen LogP contribution in [0.15, 0.2) is 18.2 Å². The minimum Gasteiger partial charge on any atom is -0.326 e. The van der Waals surface area contributed by atoms with Crippen LogP contribution in [0, 0.1) is 18.3 Å². The van der Waals surface area contributed by atoms with Gasteiger partial charge >= 0.3 is 0 Å². The average Bonchev–Trinajstić information content (AvgIpc) is 2.69. The smallest absolute Gasteiger partial charge is 0.224 e. The van der Waals surface area contributed by atoms with Crippen molar-refractivity contribution in [3.63, 3.8) is 0 Å². The topological polar surface area (TPSA) is 42.0 Å². The second kappa shape index (κ2) is 5.19. The van der Waals surface area contributed by atoms with E-state index in [4.69, 9.17) is 6.42 Å². The maximum Gasteiger partial charge on any atom is 0.224 e. The van der Waals surface area contributed by atoms with Crippen molar-refractivity contribution in [3.8, 4) is 12.3 Å². The molecule has 0 aliphatic heterocycles. The Morgan fingerprint density at radius 3 is 3.00 bits per heavy atom. The summed E-state index contributed by atoms with van der Waals surface area (Å²) in [5.74, 6) is 2.91. The van der Waals surface area contributed by atoms with Gasteiger partial charge in [0.25, 0.3) is 0 Å². The van der Waals surface area contributed by atoms with Crippen LogP contribution in [-0.4, -0.2) is 10.9 Å². The maximum atomic E-state index is 11.7. The molecule has 1 N–H and O–H groups in total. The van der Waals surface area contributed by atoms with Gasteiger partial charge in [0.1, 0.15) is 0 Å². The zero-order valence-electron chi connectivity index (χ0n) is 10.4. The standard InChI is InChI=1S/C14H14N2OS/c1-4-14-16-11-6-5-10(8-12(11)18-14)15-13(17)7-9(2)3/h1,5-6,8-9H,7H2,2-3H3,(H,15,17). The van der Waals surface area contributed by atoms with E-state index in [1.807, 2.05) is 32.0 Å². The molecule has 0 radical (unpaired) electrons. The molecule has 0 atom stereocenters. The van der Waals surface area contributed by atoms with E-state index in [0.29, 0.717) is 17.3 Å². The molecule has 0 spiro atoms. The van der Waals surface area contributed by atoms with Crippen molar-refractivity contribution in [1.82, 2.24) is 4.98 Å². The summed E-state index contributed by atoms with van der Waals surface area (Å²) in [7, 11) is 0. The number of amides is 1. The van der Waals surface area contributed by atoms with Gasteiger partial charge in [-0.3, -0.25) is 4.79 Å². The number of aromatic nitrogens is 1. The molecule has 0 aliphatic carbocycles. The molecule has 2 aromatic rings. The quantitative estimate of drug-likeness (QED) is 0.859. The van der Waals surface area contributed by atoms with Gasteiger partial charge in [-0.2, -0.15) is 0 Å². The number of rotatable bonds is 3. The van der Waals surface area contributed by atoms with Crippen LogP contribution < -0.4 is 5.32 Å². The fourth-order valence-corrected chi connectivity index (χ4v) is 2.46. The third kappa shape index (κ3) is 2.88. The first-order chi connectivity index (χ1) is 8.58. The van der Waals surface area contributed by atoms with Crippen LogP contribution in [0.3, 0.4) is 0 Å². The van der Waals surface area contributed by atoms with Crippen LogP contribution in [0.1, 0.15) is 25.3 Å². The molecule has 1 aromatic heterocycles. The molecule has 2 rings (SSSR count). The summed E-state index contributed by atoms with van der Waals surface area (Å²) in [5, 5.41) is 3.54. The van der Waals surface area contributed by atoms with Gasteiger partial charge in [0.05, 0.1) is 10.2 Å². The summed E-state index contributed by atoms with van der Waals surface area (Å²) in [6, 6.07) is 5.63. The van der Waals surface area contributed by atoms with Gasteiger partial charge in [0.15, 0.2) is 5.01 Å². The Morgan fingerprint density at radius 2 is 2.33 bits per heavy atom. The van der Waals surface area contributed by atoms with E-state index in [0.717, 1.165) is 15.9 Å². The first-order valence-electron chi connectivity index (χ1n) is 5.75. The normalized spacial score (nSPS) is 10.6. The van der Waals surface area contributed by atoms with Crippen molar-refractivity contribution < 1.29 is 4.79 Å². The zero-order valence-corrected chi connectivity index (χ0v) is 11.2. The fourth-order valence-electron chi connectivity index (χ4n) is 1.65. The van der Waals surface area contributed by atoms with Gasteiger partial charge in [-0.15, -0.1) is 17.8 Å². The summed E-state index contributed by atoms with van der Waals surface area (Å²) in [4.78, 5) is 15.9. The molecule has 0 saturated heterocycles. The summed E-state index contributed by atoms with van der Waals surface area (Å²) in [5.41, 5.74) is 1.66. The van der Waals surface area contributed by atoms with Gasteiger partial charge in [-0.25, -0.2) is 4.98 Å². The van der Waals surface area contributed by atoms with Crippen LogP contribution in [0.4, 0.5) is 5.69 Å². The minimum absolute atomic E-state index is 0.0334. The van der Waals surface area contributed by atoms with E-state index in [9.17, 15) is 4.79 Å². The van der Waals surface area contributed by atoms with Crippen molar-refractivity contribution in [2.75, 3.05) is 5.32 Å². The Bertz CT molecular complexity index is 622. The number of nitrogens with zero attached hydrogens (tertiary/aromatic N) is 1. The molecule has 18 heavy (non-hydrogen) atoms. The van der Waals surface area contributed by atoms with Gasteiger partial charge in [-0.1, -0.05) is 13.8 Å². The number of carbonyl (C=O) groups is 1. The number of hydrogen-bond acceptors (Lipinski definition) is 3. The Hall–Kier alpha value is -1.86. The van der Waals surface area contributed by atoms with E-state index in [1.54, 1.807) is 0 Å². The number of anilines is 1. The Labute approximate surface area is 110 Å². The molecule has 1 amide bonds. The van der Waals surface area contributed by atoms with E-state index >= 15 is 0 Å². The largest absolute Gasteiger partial charge is 0.326 e. The van der Waals surface area contributed by atoms with E-state index in [1.165, 1.54) is 11.3 Å². The van der Waals surface area contributed by atoms with Crippen molar-refractivity contribution in [1.29, 1.82) is 0 Å². The van der Waals surface area contributed by atoms with Crippen LogP contribution in [0.2, 0.25) is 0 Å². The van der Waals surface area contributed by atoms with Crippen LogP contribution in [-0.2, 0) is 4.79 Å². The van der Waals surface area contributed by atoms with Crippen LogP contribution in [0.5, 0.6) is 0 Å². The number of benzene rings is 1. The third-order valence-electron chi connectivity index (χ3n) is 2.39. The van der Waals surface area contributed by atoms with Gasteiger partial charge in [-0.05, 0) is 30.0 Å². The second-order valence-corrected chi connectivity index (χ2v) is 5.52. The Balaban J connectivity index is 2.20. The van der Waals surface area contributed by atoms with Gasteiger partial charge < -0.3 is 5.32 Å². The van der Waals surface area contributed by atoms with Gasteiger partial charge in [0.2, 0.25) is 5.91 Å². The predicted octanol–water partition coefficient (Wildman–Crippen LogP) is 3.26. The van der Waals surface area contributed by atoms with Crippen LogP contribution >= 0.6 is 11.3 Å². The lowest BCUT2D eigenvalue weighted by atomic mass is 10.1. The number of terminal acetylenes is 1. The van der Waals surface area contributed by atoms with Crippen molar-refractivity contribution in [2.24, 2.45) is 5.92 Å². The lowest BCUT2D eigenvalue weighted by Crippen LogP contribution is -2.13. The SMILES string of the molecule is C#Cc1nc2ccc(NC(=O)CC(C)C)cc2s1. The molecule has 0 aliphatic rings. The van der Waals surface area contributed by atoms with Crippen LogP contribution in [0.25, 0.3) is 10.2 Å². The first-order valence-corrected chi connectivity index (χ1v) is 6.57. The summed E-state index contributed by atoms with van der Waals surface area (Å²) < 4.78 is 0.991. The second-order valence-electron chi connectivity index (χ2n) is 4.49. The summed E-state index contributed by atoms with van der Waals surface area (Å²) >= 11 is 1.45. The number of hydrogen-bond donors (Lipinski definition) is 1. The van der Waals surface area contributed by atoms with E-state index in [-0.39, 0.29) is 5.91 Å². The molecule has 0 fully saturated rings. The predicted molar refractivity (Wildman–Crippen MR) is 75.6 cm³/mol. The number of nitrogens with one attached hydrogen (secondary N) is 1. The average molecular weight is 258 g/mol. The zero-order chi connectivity index (χ0) is 13.1. The molecule has 0 saturated carbocycles. The highest BCUT2D eigenvalue weighted by Gasteiger charge is 2.07. The molecular weight excluding hydrogens is 244 g/mol. The maximum absolute atomic E-state index is 11.7. The van der Waals surface area contributed by atoms with Crippen molar-refractivity contribution >= 4 is 33.1 Å². The molecular formula is C14H14N2OS. The highest BCUT2D eigenvalue weighted by atomic mass is 32.1. The van der Waals surface area contributed by atoms with Gasteiger partial charge in [0, 0.05) is 12.1 Å². The molecule has 4 heteroatoms. The molecule has 1 heterocycles.